The van der Waals surface area contributed by atoms with Crippen molar-refractivity contribution in [3.05, 3.63) is 35.5 Å². The summed E-state index contributed by atoms with van der Waals surface area (Å²) < 4.78 is 1.61. The van der Waals surface area contributed by atoms with Crippen molar-refractivity contribution in [2.24, 2.45) is 0 Å². The summed E-state index contributed by atoms with van der Waals surface area (Å²) in [5.74, 6) is 0. The van der Waals surface area contributed by atoms with Gasteiger partial charge in [-0.1, -0.05) is 29.5 Å². The Kier molecular flexibility index (Phi) is 2.81. The number of carbonyl (C=O) groups is 1. The van der Waals surface area contributed by atoms with Gasteiger partial charge >= 0.3 is 0 Å². The van der Waals surface area contributed by atoms with Crippen LogP contribution in [-0.4, -0.2) is 21.3 Å². The lowest BCUT2D eigenvalue weighted by Crippen LogP contribution is -2.02. The number of hydrogen-bond donors (Lipinski definition) is 0. The molecule has 82 valence electrons. The predicted molar refractivity (Wildman–Crippen MR) is 61.3 cm³/mol. The summed E-state index contributed by atoms with van der Waals surface area (Å²) in [5.41, 5.74) is 3.25. The number of benzene rings is 1. The minimum absolute atomic E-state index is 0.539. The molecule has 1 aromatic carbocycles. The van der Waals surface area contributed by atoms with E-state index >= 15 is 0 Å². The van der Waals surface area contributed by atoms with E-state index in [2.05, 4.69) is 10.3 Å². The molecule has 0 aliphatic rings. The molecule has 0 amide bonds. The van der Waals surface area contributed by atoms with Crippen molar-refractivity contribution in [2.45, 2.75) is 20.4 Å². The van der Waals surface area contributed by atoms with E-state index in [0.29, 0.717) is 17.9 Å². The van der Waals surface area contributed by atoms with Gasteiger partial charge in [0.25, 0.3) is 0 Å². The Labute approximate surface area is 93.9 Å². The zero-order valence-corrected chi connectivity index (χ0v) is 9.34. The molecule has 0 spiro atoms. The molecule has 1 heterocycles. The maximum atomic E-state index is 11.1. The summed E-state index contributed by atoms with van der Waals surface area (Å²) in [6.07, 6.45) is 0.811. The second-order valence-electron chi connectivity index (χ2n) is 3.57. The predicted octanol–water partition coefficient (Wildman–Crippen LogP) is 2.09. The largest absolute Gasteiger partial charge is 0.296 e. The highest BCUT2D eigenvalue weighted by Gasteiger charge is 2.14. The lowest BCUT2D eigenvalue weighted by Gasteiger charge is -2.02. The summed E-state index contributed by atoms with van der Waals surface area (Å²) in [5, 5.41) is 8.03. The Balaban J connectivity index is 2.61. The highest BCUT2D eigenvalue weighted by molar-refractivity contribution is 5.84. The molecule has 1 aromatic heterocycles. The Bertz CT molecular complexity index is 517. The van der Waals surface area contributed by atoms with Crippen LogP contribution in [0.1, 0.15) is 23.0 Å². The van der Waals surface area contributed by atoms with Crippen molar-refractivity contribution >= 4 is 6.29 Å². The lowest BCUT2D eigenvalue weighted by atomic mass is 10.0. The molecular weight excluding hydrogens is 202 g/mol. The van der Waals surface area contributed by atoms with Crippen LogP contribution in [-0.2, 0) is 6.54 Å². The normalized spacial score (nSPS) is 10.4. The number of aryl methyl sites for hydroxylation is 2. The minimum Gasteiger partial charge on any atom is -0.296 e. The number of rotatable bonds is 3. The minimum atomic E-state index is 0.539. The topological polar surface area (TPSA) is 47.8 Å². The van der Waals surface area contributed by atoms with Crippen LogP contribution in [0, 0.1) is 6.92 Å². The van der Waals surface area contributed by atoms with Gasteiger partial charge in [-0.25, -0.2) is 4.68 Å². The fraction of sp³-hybridized carbons (Fsp3) is 0.250. The Hall–Kier alpha value is -1.97. The van der Waals surface area contributed by atoms with E-state index in [0.717, 1.165) is 17.4 Å². The molecule has 0 bridgehead atoms. The third kappa shape index (κ3) is 1.62. The van der Waals surface area contributed by atoms with E-state index in [9.17, 15) is 4.79 Å². The van der Waals surface area contributed by atoms with Crippen LogP contribution in [0.2, 0.25) is 0 Å². The average molecular weight is 215 g/mol. The molecule has 0 N–H and O–H groups in total. The summed E-state index contributed by atoms with van der Waals surface area (Å²) >= 11 is 0. The molecule has 4 nitrogen and oxygen atoms in total. The van der Waals surface area contributed by atoms with Gasteiger partial charge in [-0.2, -0.15) is 0 Å². The molecule has 2 rings (SSSR count). The van der Waals surface area contributed by atoms with Crippen LogP contribution >= 0.6 is 0 Å². The van der Waals surface area contributed by atoms with Crippen molar-refractivity contribution in [3.8, 4) is 11.3 Å². The first-order valence-electron chi connectivity index (χ1n) is 5.22. The summed E-state index contributed by atoms with van der Waals surface area (Å²) in [7, 11) is 0. The van der Waals surface area contributed by atoms with E-state index in [-0.39, 0.29) is 0 Å². The number of aromatic nitrogens is 3. The monoisotopic (exact) mass is 215 g/mol. The lowest BCUT2D eigenvalue weighted by molar-refractivity contribution is 0.111. The zero-order chi connectivity index (χ0) is 11.5. The molecule has 4 heteroatoms. The fourth-order valence-electron chi connectivity index (χ4n) is 1.70. The van der Waals surface area contributed by atoms with Gasteiger partial charge in [-0.05, 0) is 19.4 Å². The number of aldehydes is 1. The van der Waals surface area contributed by atoms with Crippen LogP contribution in [0.15, 0.2) is 24.3 Å². The Morgan fingerprint density at radius 1 is 1.38 bits per heavy atom. The van der Waals surface area contributed by atoms with E-state index in [4.69, 9.17) is 0 Å². The van der Waals surface area contributed by atoms with Gasteiger partial charge < -0.3 is 0 Å². The first-order valence-corrected chi connectivity index (χ1v) is 5.22. The summed E-state index contributed by atoms with van der Waals surface area (Å²) in [6.45, 7) is 4.57. The molecule has 0 aliphatic heterocycles. The standard InChI is InChI=1S/C12H13N3O/c1-3-15-11(8-16)12(13-14-15)10-7-5-4-6-9(10)2/h4-8H,3H2,1-2H3. The number of nitrogens with zero attached hydrogens (tertiary/aromatic N) is 3. The van der Waals surface area contributed by atoms with Crippen molar-refractivity contribution in [1.29, 1.82) is 0 Å². The summed E-state index contributed by atoms with van der Waals surface area (Å²) in [6, 6.07) is 7.84. The molecule has 2 aromatic rings. The second kappa shape index (κ2) is 4.26. The van der Waals surface area contributed by atoms with E-state index in [1.165, 1.54) is 0 Å². The molecule has 0 saturated heterocycles. The van der Waals surface area contributed by atoms with Gasteiger partial charge in [0.15, 0.2) is 6.29 Å². The van der Waals surface area contributed by atoms with E-state index in [1.807, 2.05) is 38.1 Å². The van der Waals surface area contributed by atoms with Crippen molar-refractivity contribution in [1.82, 2.24) is 15.0 Å². The maximum absolute atomic E-state index is 11.1. The first kappa shape index (κ1) is 10.5. The van der Waals surface area contributed by atoms with Crippen molar-refractivity contribution in [2.75, 3.05) is 0 Å². The van der Waals surface area contributed by atoms with E-state index < -0.39 is 0 Å². The molecule has 0 fully saturated rings. The van der Waals surface area contributed by atoms with Crippen molar-refractivity contribution in [3.63, 3.8) is 0 Å². The molecule has 0 saturated carbocycles. The summed E-state index contributed by atoms with van der Waals surface area (Å²) in [4.78, 5) is 11.1. The second-order valence-corrected chi connectivity index (χ2v) is 3.57. The highest BCUT2D eigenvalue weighted by Crippen LogP contribution is 2.23. The first-order chi connectivity index (χ1) is 7.77. The quantitative estimate of drug-likeness (QED) is 0.736. The van der Waals surface area contributed by atoms with Gasteiger partial charge in [0.05, 0.1) is 0 Å². The molecule has 16 heavy (non-hydrogen) atoms. The molecule has 0 atom stereocenters. The van der Waals surface area contributed by atoms with E-state index in [1.54, 1.807) is 4.68 Å². The van der Waals surface area contributed by atoms with Crippen LogP contribution in [0.5, 0.6) is 0 Å². The molecular formula is C12H13N3O. The smallest absolute Gasteiger partial charge is 0.170 e. The van der Waals surface area contributed by atoms with Crippen LogP contribution in [0.25, 0.3) is 11.3 Å². The third-order valence-electron chi connectivity index (χ3n) is 2.58. The Morgan fingerprint density at radius 3 is 2.75 bits per heavy atom. The van der Waals surface area contributed by atoms with Gasteiger partial charge in [-0.3, -0.25) is 4.79 Å². The van der Waals surface area contributed by atoms with Gasteiger partial charge in [-0.15, -0.1) is 5.10 Å². The number of carbonyl (C=O) groups excluding carboxylic acids is 1. The van der Waals surface area contributed by atoms with Crippen LogP contribution in [0.3, 0.4) is 0 Å². The Morgan fingerprint density at radius 2 is 2.12 bits per heavy atom. The SMILES string of the molecule is CCn1nnc(-c2ccccc2C)c1C=O. The van der Waals surface area contributed by atoms with Gasteiger partial charge in [0.1, 0.15) is 11.4 Å². The molecule has 0 unspecified atom stereocenters. The fourth-order valence-corrected chi connectivity index (χ4v) is 1.70. The van der Waals surface area contributed by atoms with Crippen LogP contribution < -0.4 is 0 Å². The van der Waals surface area contributed by atoms with Crippen molar-refractivity contribution < 1.29 is 4.79 Å². The molecule has 0 radical (unpaired) electrons. The average Bonchev–Trinajstić information content (AvgIpc) is 2.72. The van der Waals surface area contributed by atoms with Crippen LogP contribution in [0.4, 0.5) is 0 Å². The molecule has 0 aliphatic carbocycles. The van der Waals surface area contributed by atoms with Gasteiger partial charge in [0.2, 0.25) is 0 Å². The third-order valence-corrected chi connectivity index (χ3v) is 2.58. The maximum Gasteiger partial charge on any atom is 0.170 e. The highest BCUT2D eigenvalue weighted by atomic mass is 16.1. The zero-order valence-electron chi connectivity index (χ0n) is 9.34. The number of hydrogen-bond acceptors (Lipinski definition) is 3. The van der Waals surface area contributed by atoms with Gasteiger partial charge in [0, 0.05) is 12.1 Å².